The summed E-state index contributed by atoms with van der Waals surface area (Å²) in [7, 11) is -4.07. The maximum Gasteiger partial charge on any atom is 0.273 e. The average molecular weight is 533 g/mol. The molecule has 5 rings (SSSR count). The molecule has 1 fully saturated rings. The smallest absolute Gasteiger partial charge is 0.273 e. The van der Waals surface area contributed by atoms with Gasteiger partial charge in [0.15, 0.2) is 0 Å². The second-order valence-corrected chi connectivity index (χ2v) is 11.3. The molecule has 1 saturated heterocycles. The second-order valence-electron chi connectivity index (χ2n) is 9.48. The number of aromatic nitrogens is 1. The molecule has 1 aromatic heterocycles. The number of benzene rings is 3. The summed E-state index contributed by atoms with van der Waals surface area (Å²) in [5, 5.41) is 3.34. The fourth-order valence-electron chi connectivity index (χ4n) is 4.83. The van der Waals surface area contributed by atoms with Gasteiger partial charge in [0.2, 0.25) is 0 Å². The van der Waals surface area contributed by atoms with Crippen molar-refractivity contribution < 1.29 is 17.9 Å². The normalized spacial score (nSPS) is 14.4. The fourth-order valence-corrected chi connectivity index (χ4v) is 6.36. The molecule has 4 aromatic rings. The van der Waals surface area contributed by atoms with Gasteiger partial charge in [-0.1, -0.05) is 36.8 Å². The van der Waals surface area contributed by atoms with Gasteiger partial charge in [0, 0.05) is 11.9 Å². The molecular weight excluding hydrogens is 500 g/mol. The van der Waals surface area contributed by atoms with Crippen LogP contribution >= 0.6 is 0 Å². The summed E-state index contributed by atoms with van der Waals surface area (Å²) in [6, 6.07) is 21.7. The van der Waals surface area contributed by atoms with Gasteiger partial charge in [0.05, 0.1) is 28.4 Å². The summed E-state index contributed by atoms with van der Waals surface area (Å²) in [5.41, 5.74) is 7.16. The number of nitrogens with one attached hydrogen (secondary N) is 1. The molecule has 198 valence electrons. The molecule has 3 N–H and O–H groups in total. The minimum Gasteiger partial charge on any atom is -0.494 e. The molecule has 3 aromatic carbocycles. The molecule has 8 nitrogen and oxygen atoms in total. The molecule has 0 saturated carbocycles. The van der Waals surface area contributed by atoms with Crippen LogP contribution in [-0.4, -0.2) is 49.4 Å². The summed E-state index contributed by atoms with van der Waals surface area (Å²) < 4.78 is 34.5. The number of amides is 1. The molecule has 2 heterocycles. The molecule has 1 amide bonds. The van der Waals surface area contributed by atoms with Crippen molar-refractivity contribution in [3.63, 3.8) is 0 Å². The number of anilines is 2. The summed E-state index contributed by atoms with van der Waals surface area (Å²) in [6.45, 7) is 3.86. The number of ether oxygens (including phenoxy) is 1. The van der Waals surface area contributed by atoms with Gasteiger partial charge in [0.1, 0.15) is 11.4 Å². The van der Waals surface area contributed by atoms with Crippen molar-refractivity contribution in [1.82, 2.24) is 8.87 Å². The maximum atomic E-state index is 13.7. The van der Waals surface area contributed by atoms with Crippen LogP contribution in [0.5, 0.6) is 5.75 Å². The van der Waals surface area contributed by atoms with E-state index in [-0.39, 0.29) is 10.6 Å². The molecule has 1 aliphatic heterocycles. The van der Waals surface area contributed by atoms with Crippen molar-refractivity contribution in [2.45, 2.75) is 30.6 Å². The third-order valence-electron chi connectivity index (χ3n) is 6.79. The Balaban J connectivity index is 1.44. The summed E-state index contributed by atoms with van der Waals surface area (Å²) in [6.07, 6.45) is 4.74. The number of fused-ring (bicyclic) bond motifs is 1. The number of nitrogen functional groups attached to an aromatic ring is 1. The first-order valence-electron chi connectivity index (χ1n) is 12.9. The Morgan fingerprint density at radius 3 is 2.42 bits per heavy atom. The van der Waals surface area contributed by atoms with Crippen LogP contribution in [0.15, 0.2) is 83.8 Å². The van der Waals surface area contributed by atoms with Gasteiger partial charge >= 0.3 is 0 Å². The highest BCUT2D eigenvalue weighted by Gasteiger charge is 2.27. The van der Waals surface area contributed by atoms with Crippen LogP contribution in [0.1, 0.15) is 36.2 Å². The minimum absolute atomic E-state index is 0.0191. The van der Waals surface area contributed by atoms with Crippen LogP contribution in [-0.2, 0) is 10.0 Å². The van der Waals surface area contributed by atoms with E-state index >= 15 is 0 Å². The maximum absolute atomic E-state index is 13.7. The number of carbonyl (C=O) groups excluding carboxylic acids is 1. The van der Waals surface area contributed by atoms with Crippen LogP contribution in [0.25, 0.3) is 10.9 Å². The molecule has 0 spiro atoms. The lowest BCUT2D eigenvalue weighted by molar-refractivity contribution is 0.102. The quantitative estimate of drug-likeness (QED) is 0.233. The van der Waals surface area contributed by atoms with Crippen LogP contribution in [0.2, 0.25) is 0 Å². The average Bonchev–Trinajstić information content (AvgIpc) is 3.33. The van der Waals surface area contributed by atoms with Gasteiger partial charge in [-0.3, -0.25) is 4.79 Å². The molecule has 38 heavy (non-hydrogen) atoms. The lowest BCUT2D eigenvalue weighted by atomic mass is 10.1. The molecule has 0 bridgehead atoms. The molecule has 1 aliphatic rings. The number of likely N-dealkylation sites (tertiary alicyclic amines) is 1. The second kappa shape index (κ2) is 11.3. The van der Waals surface area contributed by atoms with Crippen molar-refractivity contribution in [1.29, 1.82) is 0 Å². The van der Waals surface area contributed by atoms with Crippen LogP contribution < -0.4 is 15.8 Å². The first-order chi connectivity index (χ1) is 18.4. The molecule has 9 heteroatoms. The van der Waals surface area contributed by atoms with E-state index in [1.807, 2.05) is 0 Å². The monoisotopic (exact) mass is 532 g/mol. The van der Waals surface area contributed by atoms with E-state index in [1.54, 1.807) is 66.7 Å². The Hall–Kier alpha value is -3.82. The van der Waals surface area contributed by atoms with E-state index < -0.39 is 15.9 Å². The van der Waals surface area contributed by atoms with E-state index in [1.165, 1.54) is 31.4 Å². The lowest BCUT2D eigenvalue weighted by Gasteiger charge is -2.26. The van der Waals surface area contributed by atoms with Crippen LogP contribution in [0.3, 0.4) is 0 Å². The Morgan fingerprint density at radius 1 is 0.921 bits per heavy atom. The molecule has 0 aliphatic carbocycles. The van der Waals surface area contributed by atoms with Crippen molar-refractivity contribution in [2.75, 3.05) is 37.3 Å². The fraction of sp³-hybridized carbons (Fsp3) is 0.276. The van der Waals surface area contributed by atoms with Gasteiger partial charge in [-0.15, -0.1) is 0 Å². The third kappa shape index (κ3) is 5.54. The zero-order chi connectivity index (χ0) is 26.5. The van der Waals surface area contributed by atoms with Gasteiger partial charge in [-0.2, -0.15) is 0 Å². The highest BCUT2D eigenvalue weighted by molar-refractivity contribution is 7.90. The Labute approximate surface area is 223 Å². The number of hydrogen-bond acceptors (Lipinski definition) is 6. The van der Waals surface area contributed by atoms with Gasteiger partial charge in [0.25, 0.3) is 15.9 Å². The number of carbonyl (C=O) groups is 1. The zero-order valence-corrected chi connectivity index (χ0v) is 22.0. The highest BCUT2D eigenvalue weighted by Crippen LogP contribution is 2.30. The number of hydrogen-bond donors (Lipinski definition) is 2. The van der Waals surface area contributed by atoms with E-state index in [0.717, 1.165) is 30.0 Å². The highest BCUT2D eigenvalue weighted by atomic mass is 32.2. The topological polar surface area (TPSA) is 107 Å². The predicted octanol–water partition coefficient (Wildman–Crippen LogP) is 4.97. The number of rotatable bonds is 9. The Bertz CT molecular complexity index is 1530. The summed E-state index contributed by atoms with van der Waals surface area (Å²) in [4.78, 5) is 15.9. The van der Waals surface area contributed by atoms with Crippen LogP contribution in [0, 0.1) is 0 Å². The number of nitrogens with zero attached hydrogens (tertiary/aromatic N) is 2. The van der Waals surface area contributed by atoms with Gasteiger partial charge < -0.3 is 20.7 Å². The first-order valence-corrected chi connectivity index (χ1v) is 14.3. The van der Waals surface area contributed by atoms with E-state index in [2.05, 4.69) is 10.2 Å². The molecular formula is C29H32N4O4S. The minimum atomic E-state index is -4.07. The SMILES string of the molecule is Nc1ccccc1NC(=O)c1cc2cc(OCCCN3CCCCC3)ccc2n1S(=O)(=O)c1ccccc1. The largest absolute Gasteiger partial charge is 0.494 e. The van der Waals surface area contributed by atoms with Crippen LogP contribution in [0.4, 0.5) is 11.4 Å². The molecule has 0 unspecified atom stereocenters. The Kier molecular flexibility index (Phi) is 7.67. The first kappa shape index (κ1) is 25.8. The molecule has 0 atom stereocenters. The number of para-hydroxylation sites is 2. The number of piperidine rings is 1. The van der Waals surface area contributed by atoms with Gasteiger partial charge in [-0.25, -0.2) is 12.4 Å². The third-order valence-corrected chi connectivity index (χ3v) is 8.53. The predicted molar refractivity (Wildman–Crippen MR) is 150 cm³/mol. The summed E-state index contributed by atoms with van der Waals surface area (Å²) in [5.74, 6) is 0.0484. The number of nitrogens with two attached hydrogens (primary N) is 1. The molecule has 0 radical (unpaired) electrons. The van der Waals surface area contributed by atoms with E-state index in [9.17, 15) is 13.2 Å². The van der Waals surface area contributed by atoms with Crippen molar-refractivity contribution in [2.24, 2.45) is 0 Å². The lowest BCUT2D eigenvalue weighted by Crippen LogP contribution is -2.31. The van der Waals surface area contributed by atoms with Gasteiger partial charge in [-0.05, 0) is 80.9 Å². The van der Waals surface area contributed by atoms with E-state index in [4.69, 9.17) is 10.5 Å². The van der Waals surface area contributed by atoms with Crippen molar-refractivity contribution >= 4 is 38.2 Å². The Morgan fingerprint density at radius 2 is 1.66 bits per heavy atom. The van der Waals surface area contributed by atoms with E-state index in [0.29, 0.717) is 34.6 Å². The van der Waals surface area contributed by atoms with Crippen molar-refractivity contribution in [3.8, 4) is 5.75 Å². The van der Waals surface area contributed by atoms with Crippen molar-refractivity contribution in [3.05, 3.63) is 84.6 Å². The zero-order valence-electron chi connectivity index (χ0n) is 21.2. The summed E-state index contributed by atoms with van der Waals surface area (Å²) >= 11 is 0. The standard InChI is InChI=1S/C29H32N4O4S/c30-25-12-5-6-13-26(25)31-29(34)28-21-22-20-23(37-19-9-18-32-16-7-2-8-17-32)14-15-27(22)33(28)38(35,36)24-10-3-1-4-11-24/h1,3-6,10-15,20-21H,2,7-9,16-19,30H2,(H,31,34).